The van der Waals surface area contributed by atoms with E-state index in [0.29, 0.717) is 0 Å². The third-order valence-corrected chi connectivity index (χ3v) is 3.02. The fourth-order valence-corrected chi connectivity index (χ4v) is 2.03. The fraction of sp³-hybridized carbons (Fsp3) is 0.600. The predicted molar refractivity (Wildman–Crippen MR) is 64.0 cm³/mol. The largest absolute Gasteiger partial charge is 0.480 e. The standard InChI is InChI=1S/C10H14N2O5S/c1-5(13)12-7(2-3-8(12)14)9(15)11-6(4-18)10(16)17/h6-7,18H,2-4H2,1H3,(H,11,15)(H,16,17)/t6-,7-/m0/s1. The van der Waals surface area contributed by atoms with E-state index in [0.717, 1.165) is 4.90 Å². The predicted octanol–water partition coefficient (Wildman–Crippen LogP) is -0.977. The van der Waals surface area contributed by atoms with Crippen molar-refractivity contribution in [2.45, 2.75) is 31.8 Å². The molecule has 0 aromatic rings. The minimum atomic E-state index is -1.21. The first-order valence-corrected chi connectivity index (χ1v) is 5.98. The number of imide groups is 1. The molecule has 7 nitrogen and oxygen atoms in total. The molecular formula is C10H14N2O5S. The van der Waals surface area contributed by atoms with E-state index >= 15 is 0 Å². The highest BCUT2D eigenvalue weighted by Crippen LogP contribution is 2.19. The Morgan fingerprint density at radius 2 is 2.17 bits per heavy atom. The van der Waals surface area contributed by atoms with Gasteiger partial charge in [0.25, 0.3) is 0 Å². The second-order valence-electron chi connectivity index (χ2n) is 3.92. The van der Waals surface area contributed by atoms with Crippen molar-refractivity contribution < 1.29 is 24.3 Å². The summed E-state index contributed by atoms with van der Waals surface area (Å²) in [5.41, 5.74) is 0. The molecule has 0 aliphatic carbocycles. The van der Waals surface area contributed by atoms with Gasteiger partial charge < -0.3 is 10.4 Å². The highest BCUT2D eigenvalue weighted by molar-refractivity contribution is 7.80. The number of hydrogen-bond acceptors (Lipinski definition) is 5. The van der Waals surface area contributed by atoms with Crippen LogP contribution in [0.25, 0.3) is 0 Å². The zero-order valence-corrected chi connectivity index (χ0v) is 10.6. The maximum absolute atomic E-state index is 11.8. The number of nitrogens with zero attached hydrogens (tertiary/aromatic N) is 1. The molecule has 2 atom stereocenters. The van der Waals surface area contributed by atoms with Crippen molar-refractivity contribution in [3.8, 4) is 0 Å². The molecule has 0 radical (unpaired) electrons. The van der Waals surface area contributed by atoms with Crippen molar-refractivity contribution in [1.29, 1.82) is 0 Å². The van der Waals surface area contributed by atoms with Crippen LogP contribution in [0.1, 0.15) is 19.8 Å². The Kier molecular flexibility index (Phi) is 4.71. The molecule has 0 aromatic heterocycles. The van der Waals surface area contributed by atoms with Crippen LogP contribution in [0.15, 0.2) is 0 Å². The van der Waals surface area contributed by atoms with E-state index in [-0.39, 0.29) is 18.6 Å². The highest BCUT2D eigenvalue weighted by Gasteiger charge is 2.39. The van der Waals surface area contributed by atoms with Gasteiger partial charge in [0.1, 0.15) is 12.1 Å². The van der Waals surface area contributed by atoms with E-state index in [2.05, 4.69) is 17.9 Å². The number of carboxylic acid groups (broad SMARTS) is 1. The van der Waals surface area contributed by atoms with Crippen LogP contribution in [0.5, 0.6) is 0 Å². The van der Waals surface area contributed by atoms with Crippen molar-refractivity contribution in [1.82, 2.24) is 10.2 Å². The molecule has 3 amide bonds. The molecule has 1 saturated heterocycles. The number of carbonyl (C=O) groups is 4. The van der Waals surface area contributed by atoms with Crippen LogP contribution in [0.4, 0.5) is 0 Å². The zero-order chi connectivity index (χ0) is 13.9. The lowest BCUT2D eigenvalue weighted by Crippen LogP contribution is -2.51. The van der Waals surface area contributed by atoms with Crippen molar-refractivity contribution in [3.63, 3.8) is 0 Å². The van der Waals surface area contributed by atoms with Crippen LogP contribution in [-0.4, -0.2) is 51.5 Å². The zero-order valence-electron chi connectivity index (χ0n) is 9.75. The third kappa shape index (κ3) is 3.00. The van der Waals surface area contributed by atoms with Crippen LogP contribution in [-0.2, 0) is 19.2 Å². The number of nitrogens with one attached hydrogen (secondary N) is 1. The molecule has 1 heterocycles. The minimum absolute atomic E-state index is 0.0676. The minimum Gasteiger partial charge on any atom is -0.480 e. The van der Waals surface area contributed by atoms with Gasteiger partial charge in [-0.15, -0.1) is 0 Å². The summed E-state index contributed by atoms with van der Waals surface area (Å²) in [5, 5.41) is 11.0. The quantitative estimate of drug-likeness (QED) is 0.572. The summed E-state index contributed by atoms with van der Waals surface area (Å²) < 4.78 is 0. The number of likely N-dealkylation sites (tertiary alicyclic amines) is 1. The van der Waals surface area contributed by atoms with Gasteiger partial charge in [-0.3, -0.25) is 19.3 Å². The molecule has 0 bridgehead atoms. The smallest absolute Gasteiger partial charge is 0.327 e. The van der Waals surface area contributed by atoms with Crippen molar-refractivity contribution in [3.05, 3.63) is 0 Å². The Hall–Kier alpha value is -1.57. The first-order valence-electron chi connectivity index (χ1n) is 5.35. The number of aliphatic carboxylic acids is 1. The molecule has 2 N–H and O–H groups in total. The molecule has 0 saturated carbocycles. The Bertz CT molecular complexity index is 398. The first-order chi connectivity index (χ1) is 8.38. The van der Waals surface area contributed by atoms with Gasteiger partial charge in [0.05, 0.1) is 0 Å². The molecule has 0 aromatic carbocycles. The number of carbonyl (C=O) groups excluding carboxylic acids is 3. The maximum atomic E-state index is 11.8. The van der Waals surface area contributed by atoms with Gasteiger partial charge in [-0.05, 0) is 6.42 Å². The van der Waals surface area contributed by atoms with Gasteiger partial charge in [0.2, 0.25) is 17.7 Å². The van der Waals surface area contributed by atoms with Crippen molar-refractivity contribution >= 4 is 36.3 Å². The summed E-state index contributed by atoms with van der Waals surface area (Å²) >= 11 is 3.81. The van der Waals surface area contributed by atoms with Gasteiger partial charge >= 0.3 is 5.97 Å². The molecule has 0 unspecified atom stereocenters. The van der Waals surface area contributed by atoms with E-state index in [4.69, 9.17) is 5.11 Å². The summed E-state index contributed by atoms with van der Waals surface area (Å²) in [6, 6.07) is -2.05. The highest BCUT2D eigenvalue weighted by atomic mass is 32.1. The lowest BCUT2D eigenvalue weighted by atomic mass is 10.2. The van der Waals surface area contributed by atoms with E-state index in [1.165, 1.54) is 6.92 Å². The average Bonchev–Trinajstić information content (AvgIpc) is 2.67. The van der Waals surface area contributed by atoms with E-state index in [1.54, 1.807) is 0 Å². The Balaban J connectivity index is 2.75. The van der Waals surface area contributed by atoms with E-state index in [1.807, 2.05) is 0 Å². The summed E-state index contributed by atoms with van der Waals surface area (Å²) in [7, 11) is 0. The van der Waals surface area contributed by atoms with Crippen LogP contribution < -0.4 is 5.32 Å². The van der Waals surface area contributed by atoms with Gasteiger partial charge in [-0.2, -0.15) is 12.6 Å². The van der Waals surface area contributed by atoms with Crippen molar-refractivity contribution in [2.75, 3.05) is 5.75 Å². The third-order valence-electron chi connectivity index (χ3n) is 2.65. The monoisotopic (exact) mass is 274 g/mol. The van der Waals surface area contributed by atoms with Gasteiger partial charge in [0, 0.05) is 19.1 Å². The van der Waals surface area contributed by atoms with Crippen molar-refractivity contribution in [2.24, 2.45) is 0 Å². The molecule has 0 spiro atoms. The summed E-state index contributed by atoms with van der Waals surface area (Å²) in [6.45, 7) is 1.19. The average molecular weight is 274 g/mol. The molecule has 8 heteroatoms. The Morgan fingerprint density at radius 1 is 1.56 bits per heavy atom. The fourth-order valence-electron chi connectivity index (χ4n) is 1.78. The van der Waals surface area contributed by atoms with Gasteiger partial charge in [-0.1, -0.05) is 0 Å². The second kappa shape index (κ2) is 5.85. The molecule has 100 valence electrons. The lowest BCUT2D eigenvalue weighted by Gasteiger charge is -2.22. The number of rotatable bonds is 4. The van der Waals surface area contributed by atoms with Gasteiger partial charge in [0.15, 0.2) is 0 Å². The summed E-state index contributed by atoms with van der Waals surface area (Å²) in [5.74, 6) is -2.85. The summed E-state index contributed by atoms with van der Waals surface area (Å²) in [6.07, 6.45) is 0.319. The number of hydrogen-bond donors (Lipinski definition) is 3. The topological polar surface area (TPSA) is 104 Å². The SMILES string of the molecule is CC(=O)N1C(=O)CC[C@H]1C(=O)N[C@@H](CS)C(=O)O. The molecule has 1 fully saturated rings. The van der Waals surface area contributed by atoms with Crippen LogP contribution in [0, 0.1) is 0 Å². The second-order valence-corrected chi connectivity index (χ2v) is 4.28. The molecular weight excluding hydrogens is 260 g/mol. The molecule has 1 aliphatic rings. The van der Waals surface area contributed by atoms with Gasteiger partial charge in [-0.25, -0.2) is 4.79 Å². The van der Waals surface area contributed by atoms with E-state index < -0.39 is 35.8 Å². The van der Waals surface area contributed by atoms with Crippen LogP contribution in [0.3, 0.4) is 0 Å². The number of carboxylic acids is 1. The number of amides is 3. The Labute approximate surface area is 109 Å². The normalized spacial score (nSPS) is 20.7. The summed E-state index contributed by atoms with van der Waals surface area (Å²) in [4.78, 5) is 46.1. The van der Waals surface area contributed by atoms with E-state index in [9.17, 15) is 19.2 Å². The molecule has 18 heavy (non-hydrogen) atoms. The molecule has 1 rings (SSSR count). The number of thiol groups is 1. The van der Waals surface area contributed by atoms with Crippen LogP contribution in [0.2, 0.25) is 0 Å². The molecule has 1 aliphatic heterocycles. The Morgan fingerprint density at radius 3 is 2.61 bits per heavy atom. The van der Waals surface area contributed by atoms with Crippen LogP contribution >= 0.6 is 12.6 Å². The maximum Gasteiger partial charge on any atom is 0.327 e. The lowest BCUT2D eigenvalue weighted by molar-refractivity contribution is -0.147. The first kappa shape index (κ1) is 14.5.